The first-order chi connectivity index (χ1) is 9.97. The van der Waals surface area contributed by atoms with Crippen LogP contribution < -0.4 is 5.32 Å². The van der Waals surface area contributed by atoms with Crippen LogP contribution in [0.1, 0.15) is 15.9 Å². The largest absolute Gasteiger partial charge is 0.362 e. The van der Waals surface area contributed by atoms with Gasteiger partial charge in [0.15, 0.2) is 5.78 Å². The SMILES string of the molecule is Cc1ccc(NC=CC(=O)c2cc(Cl)ccc2Cl)cc1Cl. The van der Waals surface area contributed by atoms with Gasteiger partial charge in [-0.25, -0.2) is 0 Å². The number of carbonyl (C=O) groups is 1. The van der Waals surface area contributed by atoms with Gasteiger partial charge in [0.1, 0.15) is 0 Å². The van der Waals surface area contributed by atoms with Crippen molar-refractivity contribution in [3.63, 3.8) is 0 Å². The fraction of sp³-hybridized carbons (Fsp3) is 0.0625. The van der Waals surface area contributed by atoms with Crippen LogP contribution in [0.4, 0.5) is 5.69 Å². The predicted octanol–water partition coefficient (Wildman–Crippen LogP) is 5.76. The summed E-state index contributed by atoms with van der Waals surface area (Å²) in [6.07, 6.45) is 2.94. The first-order valence-electron chi connectivity index (χ1n) is 6.16. The van der Waals surface area contributed by atoms with Crippen molar-refractivity contribution in [2.24, 2.45) is 0 Å². The summed E-state index contributed by atoms with van der Waals surface area (Å²) in [5.74, 6) is -0.229. The van der Waals surface area contributed by atoms with E-state index in [2.05, 4.69) is 5.32 Å². The van der Waals surface area contributed by atoms with Crippen molar-refractivity contribution in [1.82, 2.24) is 0 Å². The van der Waals surface area contributed by atoms with Crippen LogP contribution in [-0.2, 0) is 0 Å². The van der Waals surface area contributed by atoms with Gasteiger partial charge in [-0.15, -0.1) is 0 Å². The van der Waals surface area contributed by atoms with E-state index < -0.39 is 0 Å². The Bertz CT molecular complexity index is 711. The lowest BCUT2D eigenvalue weighted by Crippen LogP contribution is -1.97. The Morgan fingerprint density at radius 2 is 1.81 bits per heavy atom. The summed E-state index contributed by atoms with van der Waals surface area (Å²) in [5, 5.41) is 4.49. The molecular weight excluding hydrogens is 329 g/mol. The minimum Gasteiger partial charge on any atom is -0.362 e. The predicted molar refractivity (Wildman–Crippen MR) is 89.7 cm³/mol. The van der Waals surface area contributed by atoms with Gasteiger partial charge >= 0.3 is 0 Å². The molecule has 0 aliphatic heterocycles. The summed E-state index contributed by atoms with van der Waals surface area (Å²) in [5.41, 5.74) is 2.16. The molecule has 2 nitrogen and oxygen atoms in total. The molecule has 2 aromatic rings. The molecule has 2 rings (SSSR count). The second kappa shape index (κ2) is 6.99. The summed E-state index contributed by atoms with van der Waals surface area (Å²) >= 11 is 17.9. The molecule has 0 atom stereocenters. The first kappa shape index (κ1) is 15.9. The summed E-state index contributed by atoms with van der Waals surface area (Å²) in [6.45, 7) is 1.92. The third kappa shape index (κ3) is 4.24. The van der Waals surface area contributed by atoms with Gasteiger partial charge in [-0.1, -0.05) is 40.9 Å². The highest BCUT2D eigenvalue weighted by Gasteiger charge is 2.07. The number of halogens is 3. The number of rotatable bonds is 4. The van der Waals surface area contributed by atoms with Gasteiger partial charge < -0.3 is 5.32 Å². The van der Waals surface area contributed by atoms with Crippen molar-refractivity contribution in [3.8, 4) is 0 Å². The monoisotopic (exact) mass is 339 g/mol. The molecule has 0 heterocycles. The number of ketones is 1. The molecule has 0 unspecified atom stereocenters. The maximum Gasteiger partial charge on any atom is 0.188 e. The molecule has 21 heavy (non-hydrogen) atoms. The number of allylic oxidation sites excluding steroid dienone is 1. The average molecular weight is 341 g/mol. The van der Waals surface area contributed by atoms with Gasteiger partial charge in [-0.3, -0.25) is 4.79 Å². The molecule has 5 heteroatoms. The molecule has 0 aromatic heterocycles. The van der Waals surface area contributed by atoms with E-state index in [0.29, 0.717) is 20.6 Å². The molecule has 0 bridgehead atoms. The number of carbonyl (C=O) groups excluding carboxylic acids is 1. The molecule has 0 fully saturated rings. The molecule has 0 aliphatic rings. The van der Waals surface area contributed by atoms with Crippen molar-refractivity contribution in [1.29, 1.82) is 0 Å². The number of aryl methyl sites for hydroxylation is 1. The maximum atomic E-state index is 12.0. The summed E-state index contributed by atoms with van der Waals surface area (Å²) in [4.78, 5) is 12.0. The highest BCUT2D eigenvalue weighted by Crippen LogP contribution is 2.22. The van der Waals surface area contributed by atoms with Crippen LogP contribution >= 0.6 is 34.8 Å². The molecule has 2 aromatic carbocycles. The van der Waals surface area contributed by atoms with E-state index in [9.17, 15) is 4.79 Å². The minimum absolute atomic E-state index is 0.229. The topological polar surface area (TPSA) is 29.1 Å². The van der Waals surface area contributed by atoms with Crippen molar-refractivity contribution in [3.05, 3.63) is 74.9 Å². The second-order valence-corrected chi connectivity index (χ2v) is 5.68. The normalized spacial score (nSPS) is 10.9. The van der Waals surface area contributed by atoms with Gasteiger partial charge in [0.05, 0.1) is 5.02 Å². The quantitative estimate of drug-likeness (QED) is 0.566. The van der Waals surface area contributed by atoms with Crippen LogP contribution in [0.2, 0.25) is 15.1 Å². The van der Waals surface area contributed by atoms with Crippen molar-refractivity contribution >= 4 is 46.3 Å². The minimum atomic E-state index is -0.229. The van der Waals surface area contributed by atoms with Crippen molar-refractivity contribution in [2.75, 3.05) is 5.32 Å². The zero-order valence-corrected chi connectivity index (χ0v) is 13.4. The lowest BCUT2D eigenvalue weighted by atomic mass is 10.1. The molecule has 0 saturated heterocycles. The number of anilines is 1. The van der Waals surface area contributed by atoms with Crippen molar-refractivity contribution < 1.29 is 4.79 Å². The molecule has 0 aliphatic carbocycles. The highest BCUT2D eigenvalue weighted by atomic mass is 35.5. The van der Waals surface area contributed by atoms with Crippen LogP contribution in [0, 0.1) is 6.92 Å². The van der Waals surface area contributed by atoms with Gasteiger partial charge in [0.2, 0.25) is 0 Å². The highest BCUT2D eigenvalue weighted by molar-refractivity contribution is 6.36. The van der Waals surface area contributed by atoms with Crippen LogP contribution in [0.25, 0.3) is 0 Å². The molecule has 0 radical (unpaired) electrons. The molecule has 0 saturated carbocycles. The molecule has 108 valence electrons. The van der Waals surface area contributed by atoms with E-state index in [1.165, 1.54) is 6.08 Å². The number of benzene rings is 2. The Hall–Kier alpha value is -1.48. The summed E-state index contributed by atoms with van der Waals surface area (Å²) in [7, 11) is 0. The van der Waals surface area contributed by atoms with Crippen molar-refractivity contribution in [2.45, 2.75) is 6.92 Å². The molecule has 1 N–H and O–H groups in total. The Morgan fingerprint density at radius 1 is 1.05 bits per heavy atom. The standard InChI is InChI=1S/C16H12Cl3NO/c1-10-2-4-12(9-15(10)19)20-7-6-16(21)13-8-11(17)3-5-14(13)18/h2-9,20H,1H3. The average Bonchev–Trinajstić information content (AvgIpc) is 2.45. The Labute approximate surface area is 138 Å². The smallest absolute Gasteiger partial charge is 0.188 e. The fourth-order valence-corrected chi connectivity index (χ4v) is 2.24. The molecule has 0 amide bonds. The van der Waals surface area contributed by atoms with E-state index in [-0.39, 0.29) is 5.78 Å². The zero-order valence-electron chi connectivity index (χ0n) is 11.2. The van der Waals surface area contributed by atoms with Gasteiger partial charge in [0, 0.05) is 33.6 Å². The number of nitrogens with one attached hydrogen (secondary N) is 1. The van der Waals surface area contributed by atoms with E-state index in [1.807, 2.05) is 19.1 Å². The van der Waals surface area contributed by atoms with E-state index >= 15 is 0 Å². The second-order valence-electron chi connectivity index (χ2n) is 4.43. The van der Waals surface area contributed by atoms with Gasteiger partial charge in [-0.05, 0) is 42.8 Å². The Morgan fingerprint density at radius 3 is 2.52 bits per heavy atom. The van der Waals surface area contributed by atoms with Crippen LogP contribution in [0.15, 0.2) is 48.7 Å². The molecular formula is C16H12Cl3NO. The molecule has 0 spiro atoms. The number of hydrogen-bond acceptors (Lipinski definition) is 2. The number of hydrogen-bond donors (Lipinski definition) is 1. The Balaban J connectivity index is 2.08. The van der Waals surface area contributed by atoms with E-state index in [0.717, 1.165) is 11.3 Å². The van der Waals surface area contributed by atoms with E-state index in [4.69, 9.17) is 34.8 Å². The van der Waals surface area contributed by atoms with E-state index in [1.54, 1.807) is 30.5 Å². The lowest BCUT2D eigenvalue weighted by Gasteiger charge is -2.04. The first-order valence-corrected chi connectivity index (χ1v) is 7.29. The summed E-state index contributed by atoms with van der Waals surface area (Å²) < 4.78 is 0. The van der Waals surface area contributed by atoms with Gasteiger partial charge in [0.25, 0.3) is 0 Å². The van der Waals surface area contributed by atoms with Crippen LogP contribution in [-0.4, -0.2) is 5.78 Å². The third-order valence-electron chi connectivity index (χ3n) is 2.85. The van der Waals surface area contributed by atoms with Crippen LogP contribution in [0.3, 0.4) is 0 Å². The summed E-state index contributed by atoms with van der Waals surface area (Å²) in [6, 6.07) is 10.3. The lowest BCUT2D eigenvalue weighted by molar-refractivity contribution is 0.104. The Kier molecular flexibility index (Phi) is 5.29. The fourth-order valence-electron chi connectivity index (χ4n) is 1.67. The zero-order chi connectivity index (χ0) is 15.4. The van der Waals surface area contributed by atoms with Crippen LogP contribution in [0.5, 0.6) is 0 Å². The third-order valence-corrected chi connectivity index (χ3v) is 3.82. The van der Waals surface area contributed by atoms with Gasteiger partial charge in [-0.2, -0.15) is 0 Å². The maximum absolute atomic E-state index is 12.0.